The molecule has 1 aromatic carbocycles. The molecule has 0 spiro atoms. The molecule has 1 aliphatic heterocycles. The van der Waals surface area contributed by atoms with Gasteiger partial charge in [0.15, 0.2) is 0 Å². The maximum Gasteiger partial charge on any atom is 0.294 e. The fourth-order valence-corrected chi connectivity index (χ4v) is 2.85. The van der Waals surface area contributed by atoms with E-state index < -0.39 is 4.92 Å². The Hall–Kier alpha value is -2.15. The number of nitro groups is 1. The molecule has 1 unspecified atom stereocenters. The van der Waals surface area contributed by atoms with Gasteiger partial charge >= 0.3 is 0 Å². The standard InChI is InChI=1S/C14H20N4O3/c1-2-4-10-7-8-17(9-10)14(19)11-5-3-6-12(18(20)21)13(11)16-15/h3,5-6,10,16H,2,4,7-9,15H2,1H3. The lowest BCUT2D eigenvalue weighted by atomic mass is 10.0. The van der Waals surface area contributed by atoms with Crippen molar-refractivity contribution in [3.05, 3.63) is 33.9 Å². The Balaban J connectivity index is 2.24. The van der Waals surface area contributed by atoms with Crippen LogP contribution in [0.3, 0.4) is 0 Å². The van der Waals surface area contributed by atoms with Gasteiger partial charge in [0, 0.05) is 19.2 Å². The summed E-state index contributed by atoms with van der Waals surface area (Å²) in [6.07, 6.45) is 3.18. The Bertz CT molecular complexity index is 547. The van der Waals surface area contributed by atoms with E-state index in [1.807, 2.05) is 0 Å². The van der Waals surface area contributed by atoms with E-state index in [2.05, 4.69) is 12.3 Å². The van der Waals surface area contributed by atoms with Gasteiger partial charge in [-0.05, 0) is 24.8 Å². The smallest absolute Gasteiger partial charge is 0.294 e. The van der Waals surface area contributed by atoms with Crippen LogP contribution in [-0.4, -0.2) is 28.8 Å². The summed E-state index contributed by atoms with van der Waals surface area (Å²) in [5.74, 6) is 5.69. The van der Waals surface area contributed by atoms with E-state index in [0.29, 0.717) is 19.0 Å². The van der Waals surface area contributed by atoms with Gasteiger partial charge in [0.05, 0.1) is 10.5 Å². The molecule has 7 heteroatoms. The number of amides is 1. The van der Waals surface area contributed by atoms with Crippen molar-refractivity contribution < 1.29 is 9.72 Å². The number of benzene rings is 1. The number of hydrazine groups is 1. The SMILES string of the molecule is CCCC1CCN(C(=O)c2cccc([N+](=O)[O-])c2NN)C1. The number of hydrogen-bond acceptors (Lipinski definition) is 5. The van der Waals surface area contributed by atoms with Crippen LogP contribution in [0, 0.1) is 16.0 Å². The molecule has 7 nitrogen and oxygen atoms in total. The van der Waals surface area contributed by atoms with E-state index in [0.717, 1.165) is 19.3 Å². The van der Waals surface area contributed by atoms with Crippen LogP contribution in [-0.2, 0) is 0 Å². The number of likely N-dealkylation sites (tertiary alicyclic amines) is 1. The van der Waals surface area contributed by atoms with Gasteiger partial charge in [0.25, 0.3) is 11.6 Å². The predicted molar refractivity (Wildman–Crippen MR) is 79.8 cm³/mol. The summed E-state index contributed by atoms with van der Waals surface area (Å²) in [5, 5.41) is 11.0. The van der Waals surface area contributed by atoms with Crippen LogP contribution in [0.25, 0.3) is 0 Å². The summed E-state index contributed by atoms with van der Waals surface area (Å²) in [5.41, 5.74) is 2.44. The average molecular weight is 292 g/mol. The highest BCUT2D eigenvalue weighted by Crippen LogP contribution is 2.30. The first-order valence-electron chi connectivity index (χ1n) is 7.11. The monoisotopic (exact) mass is 292 g/mol. The first kappa shape index (κ1) is 15.2. The summed E-state index contributed by atoms with van der Waals surface area (Å²) in [7, 11) is 0. The third-order valence-corrected chi connectivity index (χ3v) is 3.88. The number of nitrogens with one attached hydrogen (secondary N) is 1. The van der Waals surface area contributed by atoms with Crippen LogP contribution in [0.5, 0.6) is 0 Å². The normalized spacial score (nSPS) is 17.8. The summed E-state index contributed by atoms with van der Waals surface area (Å²) < 4.78 is 0. The van der Waals surface area contributed by atoms with Crippen LogP contribution in [0.1, 0.15) is 36.5 Å². The van der Waals surface area contributed by atoms with Gasteiger partial charge in [-0.15, -0.1) is 0 Å². The van der Waals surface area contributed by atoms with E-state index in [4.69, 9.17) is 5.84 Å². The quantitative estimate of drug-likeness (QED) is 0.492. The molecular weight excluding hydrogens is 272 g/mol. The summed E-state index contributed by atoms with van der Waals surface area (Å²) in [6.45, 7) is 3.52. The predicted octanol–water partition coefficient (Wildman–Crippen LogP) is 2.14. The van der Waals surface area contributed by atoms with Gasteiger partial charge in [-0.25, -0.2) is 0 Å². The number of nitro benzene ring substituents is 1. The molecule has 0 aliphatic carbocycles. The maximum absolute atomic E-state index is 12.6. The zero-order valence-electron chi connectivity index (χ0n) is 12.0. The summed E-state index contributed by atoms with van der Waals surface area (Å²) in [6, 6.07) is 4.40. The second kappa shape index (κ2) is 6.53. The average Bonchev–Trinajstić information content (AvgIpc) is 2.94. The molecule has 1 atom stereocenters. The van der Waals surface area contributed by atoms with Crippen LogP contribution in [0.4, 0.5) is 11.4 Å². The molecule has 3 N–H and O–H groups in total. The zero-order chi connectivity index (χ0) is 15.4. The third kappa shape index (κ3) is 3.13. The first-order chi connectivity index (χ1) is 10.1. The molecule has 21 heavy (non-hydrogen) atoms. The van der Waals surface area contributed by atoms with Gasteiger partial charge in [0.1, 0.15) is 5.69 Å². The van der Waals surface area contributed by atoms with E-state index in [1.54, 1.807) is 11.0 Å². The van der Waals surface area contributed by atoms with Gasteiger partial charge in [-0.3, -0.25) is 20.8 Å². The Labute approximate surface area is 123 Å². The highest BCUT2D eigenvalue weighted by molar-refractivity contribution is 6.01. The molecule has 1 heterocycles. The van der Waals surface area contributed by atoms with Crippen molar-refractivity contribution in [3.8, 4) is 0 Å². The van der Waals surface area contributed by atoms with Crippen molar-refractivity contribution in [3.63, 3.8) is 0 Å². The van der Waals surface area contributed by atoms with Gasteiger partial charge in [0.2, 0.25) is 0 Å². The second-order valence-corrected chi connectivity index (χ2v) is 5.30. The molecule has 0 saturated carbocycles. The molecule has 1 fully saturated rings. The molecule has 1 saturated heterocycles. The number of hydrogen-bond donors (Lipinski definition) is 2. The largest absolute Gasteiger partial charge is 0.338 e. The maximum atomic E-state index is 12.6. The van der Waals surface area contributed by atoms with E-state index in [9.17, 15) is 14.9 Å². The number of nitrogens with two attached hydrogens (primary N) is 1. The molecule has 2 rings (SSSR count). The Morgan fingerprint density at radius 2 is 2.33 bits per heavy atom. The number of nitrogen functional groups attached to an aromatic ring is 1. The van der Waals surface area contributed by atoms with Crippen molar-refractivity contribution in [1.29, 1.82) is 0 Å². The second-order valence-electron chi connectivity index (χ2n) is 5.30. The fourth-order valence-electron chi connectivity index (χ4n) is 2.85. The zero-order valence-corrected chi connectivity index (χ0v) is 12.0. The minimum atomic E-state index is -0.546. The number of anilines is 1. The minimum absolute atomic E-state index is 0.0754. The summed E-state index contributed by atoms with van der Waals surface area (Å²) >= 11 is 0. The first-order valence-corrected chi connectivity index (χ1v) is 7.11. The third-order valence-electron chi connectivity index (χ3n) is 3.88. The van der Waals surface area contributed by atoms with Crippen molar-refractivity contribution in [1.82, 2.24) is 4.90 Å². The van der Waals surface area contributed by atoms with Gasteiger partial charge in [-0.1, -0.05) is 19.4 Å². The fraction of sp³-hybridized carbons (Fsp3) is 0.500. The highest BCUT2D eigenvalue weighted by Gasteiger charge is 2.29. The number of nitrogens with zero attached hydrogens (tertiary/aromatic N) is 2. The van der Waals surface area contributed by atoms with Gasteiger partial charge < -0.3 is 10.3 Å². The Morgan fingerprint density at radius 3 is 2.95 bits per heavy atom. The van der Waals surface area contributed by atoms with Crippen molar-refractivity contribution >= 4 is 17.3 Å². The van der Waals surface area contributed by atoms with Crippen molar-refractivity contribution in [2.75, 3.05) is 18.5 Å². The molecule has 0 aromatic heterocycles. The number of carbonyl (C=O) groups is 1. The molecule has 1 aliphatic rings. The summed E-state index contributed by atoms with van der Waals surface area (Å²) in [4.78, 5) is 24.8. The number of carbonyl (C=O) groups excluding carboxylic acids is 1. The molecule has 114 valence electrons. The lowest BCUT2D eigenvalue weighted by molar-refractivity contribution is -0.384. The van der Waals surface area contributed by atoms with E-state index in [-0.39, 0.29) is 22.8 Å². The Morgan fingerprint density at radius 1 is 1.57 bits per heavy atom. The van der Waals surface area contributed by atoms with Crippen LogP contribution in [0.2, 0.25) is 0 Å². The molecule has 1 amide bonds. The Kier molecular flexibility index (Phi) is 4.74. The topological polar surface area (TPSA) is 102 Å². The van der Waals surface area contributed by atoms with Crippen LogP contribution >= 0.6 is 0 Å². The molecule has 0 radical (unpaired) electrons. The molecule has 0 bridgehead atoms. The number of para-hydroxylation sites is 1. The number of rotatable bonds is 5. The lowest BCUT2D eigenvalue weighted by Gasteiger charge is -2.18. The van der Waals surface area contributed by atoms with Crippen LogP contribution in [0.15, 0.2) is 18.2 Å². The molecule has 1 aromatic rings. The van der Waals surface area contributed by atoms with Crippen molar-refractivity contribution in [2.24, 2.45) is 11.8 Å². The van der Waals surface area contributed by atoms with E-state index >= 15 is 0 Å². The van der Waals surface area contributed by atoms with Crippen LogP contribution < -0.4 is 11.3 Å². The van der Waals surface area contributed by atoms with Crippen molar-refractivity contribution in [2.45, 2.75) is 26.2 Å². The highest BCUT2D eigenvalue weighted by atomic mass is 16.6. The van der Waals surface area contributed by atoms with E-state index in [1.165, 1.54) is 12.1 Å². The lowest BCUT2D eigenvalue weighted by Crippen LogP contribution is -2.30. The minimum Gasteiger partial charge on any atom is -0.338 e. The van der Waals surface area contributed by atoms with Gasteiger partial charge in [-0.2, -0.15) is 0 Å². The molecular formula is C14H20N4O3.